The smallest absolute Gasteiger partial charge is 0.475 e. The topological polar surface area (TPSA) is 18.5 Å². The fourth-order valence-corrected chi connectivity index (χ4v) is 0.931. The fraction of sp³-hybridized carbons (Fsp3) is 0.333. The van der Waals surface area contributed by atoms with Gasteiger partial charge in [0.25, 0.3) is 0 Å². The zero-order valence-corrected chi connectivity index (χ0v) is 9.60. The van der Waals surface area contributed by atoms with E-state index in [1.165, 1.54) is 19.2 Å². The van der Waals surface area contributed by atoms with E-state index in [0.717, 1.165) is 12.1 Å². The zero-order chi connectivity index (χ0) is 12.4. The molecule has 0 N–H and O–H groups in total. The minimum absolute atomic E-state index is 0.384. The molecule has 90 valence electrons. The van der Waals surface area contributed by atoms with Gasteiger partial charge in [-0.2, -0.15) is 17.6 Å². The summed E-state index contributed by atoms with van der Waals surface area (Å²) in [6.07, 6.45) is -4.62. The molecule has 0 saturated heterocycles. The molecule has 0 unspecified atom stereocenters. The number of rotatable bonds is 4. The highest BCUT2D eigenvalue weighted by Gasteiger charge is 2.57. The lowest BCUT2D eigenvalue weighted by Crippen LogP contribution is -2.40. The van der Waals surface area contributed by atoms with Crippen LogP contribution in [-0.4, -0.2) is 18.1 Å². The van der Waals surface area contributed by atoms with Crippen LogP contribution >= 0.6 is 15.9 Å². The summed E-state index contributed by atoms with van der Waals surface area (Å²) in [6, 6.07) is 4.84. The van der Waals surface area contributed by atoms with Crippen LogP contribution in [0.15, 0.2) is 24.3 Å². The van der Waals surface area contributed by atoms with Gasteiger partial charge in [-0.3, -0.25) is 0 Å². The molecule has 0 aliphatic rings. The lowest BCUT2D eigenvalue weighted by atomic mass is 10.3. The van der Waals surface area contributed by atoms with E-state index in [-0.39, 0.29) is 5.75 Å². The van der Waals surface area contributed by atoms with Crippen LogP contribution in [0.2, 0.25) is 0 Å². The Labute approximate surface area is 97.3 Å². The second-order valence-corrected chi connectivity index (χ2v) is 3.79. The summed E-state index contributed by atoms with van der Waals surface area (Å²) in [7, 11) is 1.39. The fourth-order valence-electron chi connectivity index (χ4n) is 0.850. The highest BCUT2D eigenvalue weighted by atomic mass is 79.9. The first-order chi connectivity index (χ1) is 7.26. The molecule has 0 heterocycles. The van der Waals surface area contributed by atoms with Crippen molar-refractivity contribution in [2.24, 2.45) is 0 Å². The van der Waals surface area contributed by atoms with Crippen molar-refractivity contribution < 1.29 is 27.0 Å². The molecule has 0 saturated carbocycles. The Morgan fingerprint density at radius 3 is 1.81 bits per heavy atom. The second-order valence-electron chi connectivity index (χ2n) is 2.79. The van der Waals surface area contributed by atoms with E-state index < -0.39 is 10.9 Å². The first kappa shape index (κ1) is 13.1. The molecular weight excluding hydrogens is 296 g/mol. The van der Waals surface area contributed by atoms with E-state index in [0.29, 0.717) is 5.75 Å². The van der Waals surface area contributed by atoms with E-state index in [9.17, 15) is 17.6 Å². The van der Waals surface area contributed by atoms with Crippen molar-refractivity contribution in [1.82, 2.24) is 0 Å². The highest BCUT2D eigenvalue weighted by Crippen LogP contribution is 2.40. The van der Waals surface area contributed by atoms with Gasteiger partial charge in [-0.25, -0.2) is 0 Å². The third-order valence-corrected chi connectivity index (χ3v) is 2.10. The minimum atomic E-state index is -4.62. The molecule has 0 aliphatic heterocycles. The van der Waals surface area contributed by atoms with Gasteiger partial charge in [-0.05, 0) is 24.3 Å². The van der Waals surface area contributed by atoms with E-state index in [2.05, 4.69) is 4.74 Å². The van der Waals surface area contributed by atoms with Crippen molar-refractivity contribution in [1.29, 1.82) is 0 Å². The van der Waals surface area contributed by atoms with Gasteiger partial charge in [0.1, 0.15) is 11.5 Å². The Morgan fingerprint density at radius 1 is 1.00 bits per heavy atom. The van der Waals surface area contributed by atoms with Crippen LogP contribution in [0.25, 0.3) is 0 Å². The summed E-state index contributed by atoms with van der Waals surface area (Å²) in [6.45, 7) is 0. The molecule has 0 bridgehead atoms. The summed E-state index contributed by atoms with van der Waals surface area (Å²) < 4.78 is 58.8. The number of hydrogen-bond donors (Lipinski definition) is 0. The van der Waals surface area contributed by atoms with Gasteiger partial charge in [-0.15, -0.1) is 0 Å². The molecule has 2 nitrogen and oxygen atoms in total. The summed E-state index contributed by atoms with van der Waals surface area (Å²) in [4.78, 5) is -4.43. The maximum absolute atomic E-state index is 12.7. The summed E-state index contributed by atoms with van der Waals surface area (Å²) in [5.41, 5.74) is 0. The Bertz CT molecular complexity index is 348. The second kappa shape index (κ2) is 4.48. The molecule has 0 fully saturated rings. The van der Waals surface area contributed by atoms with Crippen molar-refractivity contribution in [2.75, 3.05) is 7.11 Å². The lowest BCUT2D eigenvalue weighted by Gasteiger charge is -2.21. The predicted molar refractivity (Wildman–Crippen MR) is 52.4 cm³/mol. The van der Waals surface area contributed by atoms with Gasteiger partial charge >= 0.3 is 10.9 Å². The van der Waals surface area contributed by atoms with Crippen LogP contribution in [-0.2, 0) is 0 Å². The van der Waals surface area contributed by atoms with Crippen LogP contribution in [0.4, 0.5) is 17.6 Å². The van der Waals surface area contributed by atoms with E-state index in [4.69, 9.17) is 4.74 Å². The largest absolute Gasteiger partial charge is 0.497 e. The number of hydrogen-bond acceptors (Lipinski definition) is 2. The summed E-state index contributed by atoms with van der Waals surface area (Å²) >= 11 is 1.55. The predicted octanol–water partition coefficient (Wildman–Crippen LogP) is 3.65. The Balaban J connectivity index is 2.80. The minimum Gasteiger partial charge on any atom is -0.497 e. The van der Waals surface area contributed by atoms with Gasteiger partial charge in [0.15, 0.2) is 0 Å². The van der Waals surface area contributed by atoms with Crippen molar-refractivity contribution >= 4 is 15.9 Å². The number of halogens is 5. The maximum Gasteiger partial charge on any atom is 0.475 e. The number of benzene rings is 1. The Morgan fingerprint density at radius 2 is 1.44 bits per heavy atom. The van der Waals surface area contributed by atoms with Crippen molar-refractivity contribution in [3.8, 4) is 11.5 Å². The molecular formula is C9H7BrF4O2. The monoisotopic (exact) mass is 302 g/mol. The molecule has 0 atom stereocenters. The zero-order valence-electron chi connectivity index (χ0n) is 8.02. The average molecular weight is 303 g/mol. The van der Waals surface area contributed by atoms with Crippen LogP contribution < -0.4 is 9.47 Å². The molecule has 16 heavy (non-hydrogen) atoms. The molecule has 0 amide bonds. The molecule has 1 aromatic carbocycles. The highest BCUT2D eigenvalue weighted by molar-refractivity contribution is 9.10. The van der Waals surface area contributed by atoms with Gasteiger partial charge in [0.2, 0.25) is 0 Å². The van der Waals surface area contributed by atoms with Crippen LogP contribution in [0, 0.1) is 0 Å². The molecule has 0 spiro atoms. The Kier molecular flexibility index (Phi) is 3.67. The molecule has 1 rings (SSSR count). The van der Waals surface area contributed by atoms with Crippen LogP contribution in [0.5, 0.6) is 11.5 Å². The van der Waals surface area contributed by atoms with Crippen molar-refractivity contribution in [3.05, 3.63) is 24.3 Å². The number of alkyl halides is 5. The van der Waals surface area contributed by atoms with Crippen molar-refractivity contribution in [2.45, 2.75) is 10.9 Å². The molecule has 7 heteroatoms. The molecule has 0 aliphatic carbocycles. The average Bonchev–Trinajstić information content (AvgIpc) is 2.16. The molecule has 1 aromatic rings. The first-order valence-electron chi connectivity index (χ1n) is 4.04. The normalized spacial score (nSPS) is 12.4. The van der Waals surface area contributed by atoms with Gasteiger partial charge < -0.3 is 9.47 Å². The maximum atomic E-state index is 12.7. The van der Waals surface area contributed by atoms with E-state index >= 15 is 0 Å². The standard InChI is InChI=1S/C9H7BrF4O2/c1-15-6-2-4-7(5-3-6)16-9(13,14)8(10,11)12/h2-5H,1H3. The van der Waals surface area contributed by atoms with Crippen LogP contribution in [0.1, 0.15) is 0 Å². The van der Waals surface area contributed by atoms with Gasteiger partial charge in [0.05, 0.1) is 7.11 Å². The van der Waals surface area contributed by atoms with Crippen LogP contribution in [0.3, 0.4) is 0 Å². The third kappa shape index (κ3) is 3.01. The number of methoxy groups -OCH3 is 1. The SMILES string of the molecule is COc1ccc(OC(F)(F)C(F)(F)Br)cc1. The third-order valence-electron chi connectivity index (χ3n) is 1.64. The summed E-state index contributed by atoms with van der Waals surface area (Å²) in [5, 5.41) is 0. The quantitative estimate of drug-likeness (QED) is 0.624. The number of ether oxygens (including phenoxy) is 2. The van der Waals surface area contributed by atoms with E-state index in [1.54, 1.807) is 15.9 Å². The van der Waals surface area contributed by atoms with E-state index in [1.807, 2.05) is 0 Å². The lowest BCUT2D eigenvalue weighted by molar-refractivity contribution is -0.266. The van der Waals surface area contributed by atoms with Gasteiger partial charge in [-0.1, -0.05) is 0 Å². The van der Waals surface area contributed by atoms with Crippen molar-refractivity contribution in [3.63, 3.8) is 0 Å². The molecule has 0 aromatic heterocycles. The van der Waals surface area contributed by atoms with Gasteiger partial charge in [0, 0.05) is 15.9 Å². The first-order valence-corrected chi connectivity index (χ1v) is 4.83. The molecule has 0 radical (unpaired) electrons. The Hall–Kier alpha value is -0.980. The summed E-state index contributed by atoms with van der Waals surface area (Å²) in [5.74, 6) is 0.0196.